The van der Waals surface area contributed by atoms with E-state index in [1.807, 2.05) is 0 Å². The fourth-order valence-corrected chi connectivity index (χ4v) is 2.21. The molecule has 16 heavy (non-hydrogen) atoms. The van der Waals surface area contributed by atoms with Crippen LogP contribution in [-0.2, 0) is 6.42 Å². The molecule has 90 valence electrons. The normalized spacial score (nSPS) is 24.2. The van der Waals surface area contributed by atoms with Crippen LogP contribution in [0.25, 0.3) is 0 Å². The summed E-state index contributed by atoms with van der Waals surface area (Å²) < 4.78 is 26.4. The Balaban J connectivity index is 0.00000128. The molecule has 0 saturated carbocycles. The van der Waals surface area contributed by atoms with E-state index in [0.29, 0.717) is 12.0 Å². The molecule has 1 fully saturated rings. The van der Waals surface area contributed by atoms with Crippen molar-refractivity contribution in [1.29, 1.82) is 0 Å². The molecular weight excluding hydrogens is 232 g/mol. The second-order valence-electron chi connectivity index (χ2n) is 4.50. The molecule has 1 aliphatic rings. The van der Waals surface area contributed by atoms with Gasteiger partial charge in [-0.3, -0.25) is 0 Å². The van der Waals surface area contributed by atoms with Gasteiger partial charge in [0, 0.05) is 5.54 Å². The minimum atomic E-state index is -0.368. The maximum atomic E-state index is 13.4. The van der Waals surface area contributed by atoms with Crippen molar-refractivity contribution in [2.45, 2.75) is 31.7 Å². The van der Waals surface area contributed by atoms with Crippen LogP contribution < -0.4 is 5.32 Å². The average Bonchev–Trinajstić information content (AvgIpc) is 2.59. The smallest absolute Gasteiger partial charge is 0.126 e. The molecule has 4 heteroatoms. The van der Waals surface area contributed by atoms with Crippen molar-refractivity contribution >= 4 is 12.4 Å². The first-order chi connectivity index (χ1) is 7.09. The molecule has 0 aromatic heterocycles. The van der Waals surface area contributed by atoms with Gasteiger partial charge in [0.15, 0.2) is 0 Å². The molecular formula is C12H16ClF2N. The first-order valence-electron chi connectivity index (χ1n) is 5.28. The highest BCUT2D eigenvalue weighted by Crippen LogP contribution is 2.24. The van der Waals surface area contributed by atoms with Gasteiger partial charge in [-0.05, 0) is 56.5 Å². The van der Waals surface area contributed by atoms with Crippen LogP contribution in [0.15, 0.2) is 18.2 Å². The first-order valence-corrected chi connectivity index (χ1v) is 5.28. The summed E-state index contributed by atoms with van der Waals surface area (Å²) in [5.74, 6) is -0.681. The molecule has 1 nitrogen and oxygen atoms in total. The van der Waals surface area contributed by atoms with Gasteiger partial charge in [0.1, 0.15) is 11.6 Å². The lowest BCUT2D eigenvalue weighted by Crippen LogP contribution is -2.38. The van der Waals surface area contributed by atoms with Gasteiger partial charge in [-0.25, -0.2) is 8.78 Å². The summed E-state index contributed by atoms with van der Waals surface area (Å²) in [5, 5.41) is 3.34. The van der Waals surface area contributed by atoms with Gasteiger partial charge < -0.3 is 5.32 Å². The van der Waals surface area contributed by atoms with E-state index in [0.717, 1.165) is 25.5 Å². The molecule has 1 heterocycles. The predicted octanol–water partition coefficient (Wildman–Crippen LogP) is 3.07. The van der Waals surface area contributed by atoms with Crippen LogP contribution in [0.1, 0.15) is 25.3 Å². The van der Waals surface area contributed by atoms with Crippen molar-refractivity contribution < 1.29 is 8.78 Å². The predicted molar refractivity (Wildman–Crippen MR) is 63.0 cm³/mol. The van der Waals surface area contributed by atoms with Crippen molar-refractivity contribution in [3.63, 3.8) is 0 Å². The molecule has 0 radical (unpaired) electrons. The van der Waals surface area contributed by atoms with Gasteiger partial charge in [0.2, 0.25) is 0 Å². The number of halogens is 3. The summed E-state index contributed by atoms with van der Waals surface area (Å²) in [6, 6.07) is 3.65. The monoisotopic (exact) mass is 247 g/mol. The van der Waals surface area contributed by atoms with Crippen LogP contribution >= 0.6 is 12.4 Å². The van der Waals surface area contributed by atoms with Gasteiger partial charge in [-0.15, -0.1) is 12.4 Å². The molecule has 1 aliphatic heterocycles. The Labute approximate surface area is 101 Å². The zero-order valence-corrected chi connectivity index (χ0v) is 10.0. The third kappa shape index (κ3) is 2.92. The molecule has 0 spiro atoms. The van der Waals surface area contributed by atoms with Crippen LogP contribution in [0.3, 0.4) is 0 Å². The lowest BCUT2D eigenvalue weighted by molar-refractivity contribution is 0.403. The lowest BCUT2D eigenvalue weighted by Gasteiger charge is -2.24. The quantitative estimate of drug-likeness (QED) is 0.847. The van der Waals surface area contributed by atoms with E-state index in [4.69, 9.17) is 0 Å². The van der Waals surface area contributed by atoms with E-state index < -0.39 is 0 Å². The summed E-state index contributed by atoms with van der Waals surface area (Å²) in [6.07, 6.45) is 2.67. The average molecular weight is 248 g/mol. The summed E-state index contributed by atoms with van der Waals surface area (Å²) in [6.45, 7) is 3.03. The maximum absolute atomic E-state index is 13.4. The second kappa shape index (κ2) is 5.11. The van der Waals surface area contributed by atoms with Crippen molar-refractivity contribution in [1.82, 2.24) is 5.32 Å². The highest BCUT2D eigenvalue weighted by Gasteiger charge is 2.29. The van der Waals surface area contributed by atoms with Crippen LogP contribution in [0.4, 0.5) is 8.78 Å². The van der Waals surface area contributed by atoms with Gasteiger partial charge in [0.05, 0.1) is 0 Å². The van der Waals surface area contributed by atoms with Gasteiger partial charge >= 0.3 is 0 Å². The summed E-state index contributed by atoms with van der Waals surface area (Å²) in [7, 11) is 0. The zero-order valence-electron chi connectivity index (χ0n) is 9.22. The van der Waals surface area contributed by atoms with Crippen LogP contribution in [0, 0.1) is 11.6 Å². The van der Waals surface area contributed by atoms with E-state index in [-0.39, 0.29) is 29.6 Å². The molecule has 1 aromatic carbocycles. The van der Waals surface area contributed by atoms with Crippen molar-refractivity contribution in [3.05, 3.63) is 35.4 Å². The Morgan fingerprint density at radius 3 is 2.75 bits per heavy atom. The Kier molecular flexibility index (Phi) is 4.28. The van der Waals surface area contributed by atoms with E-state index in [1.54, 1.807) is 0 Å². The third-order valence-electron chi connectivity index (χ3n) is 3.05. The SMILES string of the molecule is CC1(Cc2cc(F)ccc2F)CCCN1.Cl. The van der Waals surface area contributed by atoms with Gasteiger partial charge in [-0.1, -0.05) is 0 Å². The minimum absolute atomic E-state index is 0. The molecule has 1 unspecified atom stereocenters. The van der Waals surface area contributed by atoms with Gasteiger partial charge in [-0.2, -0.15) is 0 Å². The highest BCUT2D eigenvalue weighted by atomic mass is 35.5. The zero-order chi connectivity index (χ0) is 10.9. The van der Waals surface area contributed by atoms with E-state index in [1.165, 1.54) is 12.1 Å². The molecule has 1 aromatic rings. The first kappa shape index (κ1) is 13.4. The second-order valence-corrected chi connectivity index (χ2v) is 4.50. The van der Waals surface area contributed by atoms with Crippen molar-refractivity contribution in [2.75, 3.05) is 6.54 Å². The largest absolute Gasteiger partial charge is 0.311 e. The number of hydrogen-bond donors (Lipinski definition) is 1. The number of rotatable bonds is 2. The maximum Gasteiger partial charge on any atom is 0.126 e. The number of hydrogen-bond acceptors (Lipinski definition) is 1. The number of nitrogens with one attached hydrogen (secondary N) is 1. The Hall–Kier alpha value is -0.670. The van der Waals surface area contributed by atoms with Crippen LogP contribution in [-0.4, -0.2) is 12.1 Å². The lowest BCUT2D eigenvalue weighted by atomic mass is 9.91. The fourth-order valence-electron chi connectivity index (χ4n) is 2.21. The topological polar surface area (TPSA) is 12.0 Å². The summed E-state index contributed by atoms with van der Waals surface area (Å²) >= 11 is 0. The van der Waals surface area contributed by atoms with E-state index >= 15 is 0 Å². The third-order valence-corrected chi connectivity index (χ3v) is 3.05. The molecule has 1 N–H and O–H groups in total. The fraction of sp³-hybridized carbons (Fsp3) is 0.500. The number of benzene rings is 1. The van der Waals surface area contributed by atoms with E-state index in [9.17, 15) is 8.78 Å². The molecule has 0 aliphatic carbocycles. The highest BCUT2D eigenvalue weighted by molar-refractivity contribution is 5.85. The molecule has 0 bridgehead atoms. The van der Waals surface area contributed by atoms with Crippen LogP contribution in [0.5, 0.6) is 0 Å². The Morgan fingerprint density at radius 1 is 1.38 bits per heavy atom. The van der Waals surface area contributed by atoms with Crippen LogP contribution in [0.2, 0.25) is 0 Å². The summed E-state index contributed by atoms with van der Waals surface area (Å²) in [5.41, 5.74) is 0.390. The standard InChI is InChI=1S/C12H15F2N.ClH/c1-12(5-2-6-15-12)8-9-7-10(13)3-4-11(9)14;/h3-4,7,15H,2,5-6,8H2,1H3;1H. The van der Waals surface area contributed by atoms with Gasteiger partial charge in [0.25, 0.3) is 0 Å². The van der Waals surface area contributed by atoms with E-state index in [2.05, 4.69) is 12.2 Å². The minimum Gasteiger partial charge on any atom is -0.311 e. The van der Waals surface area contributed by atoms with Crippen molar-refractivity contribution in [2.24, 2.45) is 0 Å². The molecule has 0 amide bonds. The Bertz CT molecular complexity index is 362. The molecule has 2 rings (SSSR count). The Morgan fingerprint density at radius 2 is 2.12 bits per heavy atom. The summed E-state index contributed by atoms with van der Waals surface area (Å²) in [4.78, 5) is 0. The van der Waals surface area contributed by atoms with Crippen molar-refractivity contribution in [3.8, 4) is 0 Å². The molecule has 1 saturated heterocycles. The molecule has 1 atom stereocenters.